The number of hydrogen-bond donors (Lipinski definition) is 6. The highest BCUT2D eigenvalue weighted by atomic mass is 35.5. The van der Waals surface area contributed by atoms with Crippen molar-refractivity contribution in [1.29, 1.82) is 0 Å². The van der Waals surface area contributed by atoms with E-state index in [-0.39, 0.29) is 64.6 Å². The molecule has 0 radical (unpaired) electrons. The monoisotopic (exact) mass is 1240 g/mol. The highest BCUT2D eigenvalue weighted by Gasteiger charge is 2.37. The third-order valence-electron chi connectivity index (χ3n) is 14.0. The number of aromatic nitrogens is 8. The lowest BCUT2D eigenvalue weighted by Gasteiger charge is -2.33. The molecule has 24 nitrogen and oxygen atoms in total. The standard InChI is InChI=1S/C56H70Cl4N12O12/c1-69-31-43(41-27-39(57)29-47(59)45(41)33-69)35-5-3-7-37(25-35)53-63-67-71(65-53)11-15-81-19-23-83-21-17-79-13-9-61-55(77)51(75)49(73)50(74)52(76)56(78)62-10-14-80-18-22-84-24-20-82-16-12-72-66-54(64-68-72)38-8-4-6-36(26-38)44-32-70(2)34-46-42(44)28-40(58)30-48(46)60/h3-8,25-30,43-44,49-52,73-76H,9-24,31-34H2,1-2H3,(H,61,77)(H,62,78)/t43-,44-,49-,50+,51+,52-/m0/s1. The Kier molecular flexibility index (Phi) is 24.9. The zero-order valence-electron chi connectivity index (χ0n) is 46.6. The lowest BCUT2D eigenvalue weighted by Crippen LogP contribution is -2.54. The molecule has 0 bridgehead atoms. The molecular weight excluding hydrogens is 1170 g/mol. The Hall–Kier alpha value is -5.36. The van der Waals surface area contributed by atoms with Crippen molar-refractivity contribution in [2.45, 2.75) is 62.4 Å². The summed E-state index contributed by atoms with van der Waals surface area (Å²) in [5, 5.41) is 74.5. The molecule has 4 aromatic carbocycles. The fraction of sp³-hybridized carbons (Fsp3) is 0.500. The number of rotatable bonds is 33. The molecule has 0 saturated carbocycles. The molecule has 2 amide bonds. The van der Waals surface area contributed by atoms with Gasteiger partial charge in [-0.1, -0.05) is 82.8 Å². The maximum Gasteiger partial charge on any atom is 0.251 e. The van der Waals surface area contributed by atoms with E-state index in [9.17, 15) is 30.0 Å². The molecule has 28 heteroatoms. The molecule has 4 heterocycles. The van der Waals surface area contributed by atoms with Crippen molar-refractivity contribution >= 4 is 58.2 Å². The number of carbonyl (C=O) groups is 2. The third kappa shape index (κ3) is 18.3. The molecule has 2 aliphatic rings. The average molecular weight is 1250 g/mol. The second kappa shape index (κ2) is 32.4. The van der Waals surface area contributed by atoms with Gasteiger partial charge in [-0.2, -0.15) is 9.59 Å². The minimum absolute atomic E-state index is 0.0457. The van der Waals surface area contributed by atoms with Crippen LogP contribution in [-0.4, -0.2) is 226 Å². The van der Waals surface area contributed by atoms with Crippen molar-refractivity contribution in [2.75, 3.05) is 120 Å². The van der Waals surface area contributed by atoms with Crippen LogP contribution in [0.3, 0.4) is 0 Å². The molecule has 0 spiro atoms. The molecule has 0 aliphatic carbocycles. The summed E-state index contributed by atoms with van der Waals surface area (Å²) in [5.41, 5.74) is 8.26. The maximum atomic E-state index is 12.4. The molecule has 454 valence electrons. The number of benzene rings is 4. The van der Waals surface area contributed by atoms with Gasteiger partial charge in [0.25, 0.3) is 11.8 Å². The number of nitrogens with zero attached hydrogens (tertiary/aromatic N) is 10. The fourth-order valence-corrected chi connectivity index (χ4v) is 10.9. The Morgan fingerprint density at radius 3 is 1.30 bits per heavy atom. The summed E-state index contributed by atoms with van der Waals surface area (Å²) in [5.74, 6) is -0.950. The Labute approximate surface area is 506 Å². The third-order valence-corrected chi connectivity index (χ3v) is 15.1. The van der Waals surface area contributed by atoms with Crippen molar-refractivity contribution in [1.82, 2.24) is 60.8 Å². The molecule has 6 atom stereocenters. The molecule has 6 N–H and O–H groups in total. The highest BCUT2D eigenvalue weighted by molar-refractivity contribution is 6.35. The molecule has 0 unspecified atom stereocenters. The summed E-state index contributed by atoms with van der Waals surface area (Å²) >= 11 is 25.9. The first-order valence-electron chi connectivity index (χ1n) is 27.5. The SMILES string of the molecule is CN1Cc2c(Cl)cc(Cl)cc2[C@H](c2cccc(-c3nnn(CCOCCOCCOCCNC(=O)[C@@H](O)[C@H](O)[C@H](O)[C@@H](O)C(=O)NCCOCCOCCOCCn4nnc(-c5cccc([C@@H]6CN(C)Cc7c(Cl)cc(Cl)cc76)c5)n4)n3)c2)C1. The number of likely N-dealkylation sites (N-methyl/N-ethyl adjacent to an activating group) is 2. The molecule has 8 rings (SSSR count). The average Bonchev–Trinajstić information content (AvgIpc) is 2.81. The lowest BCUT2D eigenvalue weighted by molar-refractivity contribution is -0.155. The fourth-order valence-electron chi connectivity index (χ4n) is 9.72. The minimum Gasteiger partial charge on any atom is -0.387 e. The number of tetrazole rings is 2. The number of halogens is 4. The Morgan fingerprint density at radius 1 is 0.536 bits per heavy atom. The second-order valence-electron chi connectivity index (χ2n) is 20.2. The quantitative estimate of drug-likeness (QED) is 0.0323. The maximum absolute atomic E-state index is 12.4. The van der Waals surface area contributed by atoms with Crippen LogP contribution in [0.5, 0.6) is 0 Å². The van der Waals surface area contributed by atoms with Gasteiger partial charge < -0.3 is 69.3 Å². The number of fused-ring (bicyclic) bond motifs is 2. The van der Waals surface area contributed by atoms with Gasteiger partial charge in [-0.25, -0.2) is 0 Å². The van der Waals surface area contributed by atoms with E-state index in [0.717, 1.165) is 70.7 Å². The number of hydrogen-bond acceptors (Lipinski definition) is 20. The van der Waals surface area contributed by atoms with Gasteiger partial charge in [-0.05, 0) is 94.3 Å². The van der Waals surface area contributed by atoms with Crippen molar-refractivity contribution in [3.8, 4) is 22.8 Å². The van der Waals surface area contributed by atoms with E-state index in [0.29, 0.717) is 84.5 Å². The topological polar surface area (TPSA) is 288 Å². The van der Waals surface area contributed by atoms with Crippen LogP contribution in [0.2, 0.25) is 20.1 Å². The Bertz CT molecular complexity index is 2890. The van der Waals surface area contributed by atoms with Crippen LogP contribution in [0.25, 0.3) is 22.8 Å². The summed E-state index contributed by atoms with van der Waals surface area (Å²) in [7, 11) is 4.14. The van der Waals surface area contributed by atoms with Gasteiger partial charge >= 0.3 is 0 Å². The largest absolute Gasteiger partial charge is 0.387 e. The van der Waals surface area contributed by atoms with Gasteiger partial charge in [0, 0.05) is 82.3 Å². The first-order valence-corrected chi connectivity index (χ1v) is 29.0. The number of amides is 2. The molecule has 2 aliphatic heterocycles. The highest BCUT2D eigenvalue weighted by Crippen LogP contribution is 2.41. The summed E-state index contributed by atoms with van der Waals surface area (Å²) in [6.07, 6.45) is -8.67. The number of nitrogens with one attached hydrogen (secondary N) is 2. The van der Waals surface area contributed by atoms with E-state index >= 15 is 0 Å². The van der Waals surface area contributed by atoms with E-state index < -0.39 is 36.2 Å². The van der Waals surface area contributed by atoms with Gasteiger partial charge in [0.2, 0.25) is 11.6 Å². The first-order chi connectivity index (χ1) is 40.6. The second-order valence-corrected chi connectivity index (χ2v) is 21.9. The van der Waals surface area contributed by atoms with E-state index in [4.69, 9.17) is 74.8 Å². The van der Waals surface area contributed by atoms with Crippen LogP contribution in [0.4, 0.5) is 0 Å². The number of aliphatic hydroxyl groups excluding tert-OH is 4. The number of carbonyl (C=O) groups excluding carboxylic acids is 2. The minimum atomic E-state index is -2.18. The molecular formula is C56H70Cl4N12O12. The van der Waals surface area contributed by atoms with E-state index in [1.165, 1.54) is 9.59 Å². The predicted octanol–water partition coefficient (Wildman–Crippen LogP) is 3.24. The van der Waals surface area contributed by atoms with E-state index in [1.807, 2.05) is 36.4 Å². The summed E-state index contributed by atoms with van der Waals surface area (Å²) in [6.45, 7) is 6.66. The van der Waals surface area contributed by atoms with E-state index in [2.05, 4.69) is 89.6 Å². The zero-order valence-corrected chi connectivity index (χ0v) is 49.6. The van der Waals surface area contributed by atoms with Crippen LogP contribution >= 0.6 is 46.4 Å². The van der Waals surface area contributed by atoms with E-state index in [1.54, 1.807) is 12.1 Å². The van der Waals surface area contributed by atoms with Gasteiger partial charge in [-0.15, -0.1) is 20.4 Å². The van der Waals surface area contributed by atoms with Crippen LogP contribution in [0, 0.1) is 0 Å². The van der Waals surface area contributed by atoms with Crippen molar-refractivity contribution in [2.24, 2.45) is 0 Å². The van der Waals surface area contributed by atoms with Gasteiger partial charge in [0.05, 0.1) is 92.4 Å². The first kappa shape index (κ1) is 64.6. The summed E-state index contributed by atoms with van der Waals surface area (Å²) in [6, 6.07) is 23.7. The van der Waals surface area contributed by atoms with Crippen LogP contribution in [0.15, 0.2) is 72.8 Å². The van der Waals surface area contributed by atoms with Gasteiger partial charge in [-0.3, -0.25) is 9.59 Å². The zero-order chi connectivity index (χ0) is 59.5. The number of ether oxygens (including phenoxy) is 6. The predicted molar refractivity (Wildman–Crippen MR) is 311 cm³/mol. The summed E-state index contributed by atoms with van der Waals surface area (Å²) < 4.78 is 33.3. The van der Waals surface area contributed by atoms with Crippen LogP contribution in [0.1, 0.15) is 45.2 Å². The molecule has 0 fully saturated rings. The molecule has 6 aromatic rings. The van der Waals surface area contributed by atoms with Crippen LogP contribution in [-0.2, 0) is 64.2 Å². The Morgan fingerprint density at radius 2 is 0.905 bits per heavy atom. The normalized spacial score (nSPS) is 16.9. The van der Waals surface area contributed by atoms with Crippen molar-refractivity contribution < 1.29 is 58.4 Å². The number of aliphatic hydroxyl groups is 4. The molecule has 84 heavy (non-hydrogen) atoms. The molecule has 2 aromatic heterocycles. The lowest BCUT2D eigenvalue weighted by atomic mass is 9.84. The van der Waals surface area contributed by atoms with Gasteiger partial charge in [0.15, 0.2) is 12.2 Å². The van der Waals surface area contributed by atoms with Gasteiger partial charge in [0.1, 0.15) is 12.2 Å². The summed E-state index contributed by atoms with van der Waals surface area (Å²) in [4.78, 5) is 32.3. The van der Waals surface area contributed by atoms with Crippen molar-refractivity contribution in [3.63, 3.8) is 0 Å². The van der Waals surface area contributed by atoms with Crippen LogP contribution < -0.4 is 10.6 Å². The Balaban J connectivity index is 0.596. The smallest absolute Gasteiger partial charge is 0.251 e. The van der Waals surface area contributed by atoms with Crippen molar-refractivity contribution in [3.05, 3.63) is 126 Å². The molecule has 0 saturated heterocycles.